The van der Waals surface area contributed by atoms with Crippen LogP contribution in [0.25, 0.3) is 0 Å². The van der Waals surface area contributed by atoms with Crippen molar-refractivity contribution >= 4 is 28.3 Å². The molecule has 18 heavy (non-hydrogen) atoms. The third kappa shape index (κ3) is 3.91. The lowest BCUT2D eigenvalue weighted by atomic mass is 10.1. The summed E-state index contributed by atoms with van der Waals surface area (Å²) in [7, 11) is 0. The lowest BCUT2D eigenvalue weighted by molar-refractivity contribution is 0.309. The van der Waals surface area contributed by atoms with Gasteiger partial charge in [-0.25, -0.2) is 0 Å². The van der Waals surface area contributed by atoms with Crippen LogP contribution >= 0.6 is 22.6 Å². The van der Waals surface area contributed by atoms with Gasteiger partial charge in [-0.2, -0.15) is 0 Å². The van der Waals surface area contributed by atoms with Crippen LogP contribution in [-0.4, -0.2) is 6.61 Å². The monoisotopic (exact) mass is 353 g/mol. The fraction of sp³-hybridized carbons (Fsp3) is 0.200. The Morgan fingerprint density at radius 1 is 1.00 bits per heavy atom. The number of para-hydroxylation sites is 1. The van der Waals surface area contributed by atoms with Crippen LogP contribution in [-0.2, 0) is 6.42 Å². The number of halogens is 1. The summed E-state index contributed by atoms with van der Waals surface area (Å²) in [5, 5.41) is 0. The number of ether oxygens (including phenoxy) is 1. The molecule has 0 unspecified atom stereocenters. The third-order valence-corrected chi connectivity index (χ3v) is 3.57. The van der Waals surface area contributed by atoms with E-state index in [0.29, 0.717) is 0 Å². The smallest absolute Gasteiger partial charge is 0.132 e. The number of rotatable bonds is 5. The molecule has 0 aromatic heterocycles. The molecular weight excluding hydrogens is 337 g/mol. The highest BCUT2D eigenvalue weighted by atomic mass is 127. The van der Waals surface area contributed by atoms with Crippen LogP contribution in [0.15, 0.2) is 48.5 Å². The number of benzene rings is 2. The van der Waals surface area contributed by atoms with Gasteiger partial charge in [0, 0.05) is 5.69 Å². The predicted octanol–water partition coefficient (Wildman–Crippen LogP) is 3.89. The number of hydrogen-bond acceptors (Lipinski definition) is 2. The Balaban J connectivity index is 1.76. The van der Waals surface area contributed by atoms with Gasteiger partial charge in [0.05, 0.1) is 10.2 Å². The maximum Gasteiger partial charge on any atom is 0.132 e. The van der Waals surface area contributed by atoms with E-state index in [1.807, 2.05) is 30.3 Å². The molecular formula is C15H16INO. The maximum absolute atomic E-state index is 5.75. The van der Waals surface area contributed by atoms with Crippen molar-refractivity contribution in [3.63, 3.8) is 0 Å². The van der Waals surface area contributed by atoms with Gasteiger partial charge >= 0.3 is 0 Å². The summed E-state index contributed by atoms with van der Waals surface area (Å²) >= 11 is 2.29. The molecule has 2 N–H and O–H groups in total. The lowest BCUT2D eigenvalue weighted by Crippen LogP contribution is -2.00. The summed E-state index contributed by atoms with van der Waals surface area (Å²) in [5.74, 6) is 0.968. The van der Waals surface area contributed by atoms with Gasteiger partial charge in [-0.3, -0.25) is 0 Å². The molecule has 2 aromatic rings. The highest BCUT2D eigenvalue weighted by Gasteiger charge is 1.99. The molecule has 0 bridgehead atoms. The van der Waals surface area contributed by atoms with Crippen molar-refractivity contribution in [3.8, 4) is 5.75 Å². The van der Waals surface area contributed by atoms with Crippen molar-refractivity contribution in [1.82, 2.24) is 0 Å². The molecule has 0 aliphatic carbocycles. The van der Waals surface area contributed by atoms with Crippen LogP contribution in [0.1, 0.15) is 12.0 Å². The number of aryl methyl sites for hydroxylation is 1. The quantitative estimate of drug-likeness (QED) is 0.503. The zero-order valence-corrected chi connectivity index (χ0v) is 12.3. The molecule has 0 saturated heterocycles. The van der Waals surface area contributed by atoms with E-state index in [4.69, 9.17) is 10.5 Å². The van der Waals surface area contributed by atoms with E-state index >= 15 is 0 Å². The Hall–Kier alpha value is -1.23. The molecule has 2 rings (SSSR count). The summed E-state index contributed by atoms with van der Waals surface area (Å²) in [4.78, 5) is 0. The molecule has 0 heterocycles. The Bertz CT molecular complexity index is 496. The third-order valence-electron chi connectivity index (χ3n) is 2.68. The first-order valence-corrected chi connectivity index (χ1v) is 7.05. The zero-order valence-electron chi connectivity index (χ0n) is 10.1. The molecule has 0 radical (unpaired) electrons. The first-order valence-electron chi connectivity index (χ1n) is 5.97. The van der Waals surface area contributed by atoms with Gasteiger partial charge in [-0.1, -0.05) is 24.3 Å². The molecule has 0 spiro atoms. The van der Waals surface area contributed by atoms with Crippen molar-refractivity contribution < 1.29 is 4.74 Å². The van der Waals surface area contributed by atoms with Crippen LogP contribution in [0, 0.1) is 3.57 Å². The summed E-state index contributed by atoms with van der Waals surface area (Å²) < 4.78 is 6.91. The van der Waals surface area contributed by atoms with Gasteiger partial charge in [-0.05, 0) is 65.3 Å². The van der Waals surface area contributed by atoms with E-state index in [1.165, 1.54) is 5.56 Å². The summed E-state index contributed by atoms with van der Waals surface area (Å²) in [6, 6.07) is 16.1. The SMILES string of the molecule is Nc1ccc(CCCOc2ccccc2I)cc1. The Labute approximate surface area is 121 Å². The topological polar surface area (TPSA) is 35.2 Å². The van der Waals surface area contributed by atoms with Crippen LogP contribution in [0.2, 0.25) is 0 Å². The van der Waals surface area contributed by atoms with E-state index in [-0.39, 0.29) is 0 Å². The van der Waals surface area contributed by atoms with Gasteiger partial charge in [0.25, 0.3) is 0 Å². The van der Waals surface area contributed by atoms with Crippen LogP contribution in [0.3, 0.4) is 0 Å². The Kier molecular flexibility index (Phi) is 4.87. The molecule has 0 aliphatic heterocycles. The highest BCUT2D eigenvalue weighted by Crippen LogP contribution is 2.19. The summed E-state index contributed by atoms with van der Waals surface area (Å²) in [6.07, 6.45) is 2.03. The number of hydrogen-bond donors (Lipinski definition) is 1. The second-order valence-electron chi connectivity index (χ2n) is 4.12. The average Bonchev–Trinajstić information content (AvgIpc) is 2.39. The summed E-state index contributed by atoms with van der Waals surface area (Å²) in [5.41, 5.74) is 7.76. The standard InChI is InChI=1S/C15H16INO/c16-14-5-1-2-6-15(14)18-11-3-4-12-7-9-13(17)10-8-12/h1-2,5-10H,3-4,11,17H2. The second-order valence-corrected chi connectivity index (χ2v) is 5.29. The van der Waals surface area contributed by atoms with Crippen molar-refractivity contribution in [2.75, 3.05) is 12.3 Å². The van der Waals surface area contributed by atoms with E-state index in [9.17, 15) is 0 Å². The van der Waals surface area contributed by atoms with E-state index < -0.39 is 0 Å². The number of anilines is 1. The van der Waals surface area contributed by atoms with Crippen molar-refractivity contribution in [3.05, 3.63) is 57.7 Å². The lowest BCUT2D eigenvalue weighted by Gasteiger charge is -2.08. The molecule has 3 heteroatoms. The van der Waals surface area contributed by atoms with Crippen molar-refractivity contribution in [2.24, 2.45) is 0 Å². The first-order chi connectivity index (χ1) is 8.75. The number of nitrogens with two attached hydrogens (primary N) is 1. The Morgan fingerprint density at radius 2 is 1.72 bits per heavy atom. The molecule has 0 saturated carbocycles. The van der Waals surface area contributed by atoms with Gasteiger partial charge in [0.15, 0.2) is 0 Å². The second kappa shape index (κ2) is 6.64. The minimum atomic E-state index is 0.740. The van der Waals surface area contributed by atoms with E-state index in [1.54, 1.807) is 0 Å². The average molecular weight is 353 g/mol. The van der Waals surface area contributed by atoms with Crippen LogP contribution < -0.4 is 10.5 Å². The molecule has 2 aromatic carbocycles. The molecule has 2 nitrogen and oxygen atoms in total. The predicted molar refractivity (Wildman–Crippen MR) is 83.8 cm³/mol. The first kappa shape index (κ1) is 13.2. The minimum Gasteiger partial charge on any atom is -0.492 e. The maximum atomic E-state index is 5.75. The van der Waals surface area contributed by atoms with E-state index in [2.05, 4.69) is 40.8 Å². The van der Waals surface area contributed by atoms with Crippen LogP contribution in [0.4, 0.5) is 5.69 Å². The zero-order chi connectivity index (χ0) is 12.8. The fourth-order valence-corrected chi connectivity index (χ4v) is 2.25. The van der Waals surface area contributed by atoms with Crippen molar-refractivity contribution in [1.29, 1.82) is 0 Å². The molecule has 0 aliphatic rings. The molecule has 0 atom stereocenters. The largest absolute Gasteiger partial charge is 0.492 e. The Morgan fingerprint density at radius 3 is 2.44 bits per heavy atom. The number of nitrogen functional groups attached to an aromatic ring is 1. The van der Waals surface area contributed by atoms with Gasteiger partial charge in [0.1, 0.15) is 5.75 Å². The fourth-order valence-electron chi connectivity index (χ4n) is 1.70. The summed E-state index contributed by atoms with van der Waals surface area (Å²) in [6.45, 7) is 0.740. The minimum absolute atomic E-state index is 0.740. The normalized spacial score (nSPS) is 10.3. The van der Waals surface area contributed by atoms with Gasteiger partial charge in [-0.15, -0.1) is 0 Å². The van der Waals surface area contributed by atoms with E-state index in [0.717, 1.165) is 34.5 Å². The van der Waals surface area contributed by atoms with Crippen molar-refractivity contribution in [2.45, 2.75) is 12.8 Å². The van der Waals surface area contributed by atoms with Crippen LogP contribution in [0.5, 0.6) is 5.75 Å². The highest BCUT2D eigenvalue weighted by molar-refractivity contribution is 14.1. The molecule has 0 fully saturated rings. The molecule has 0 amide bonds. The molecule has 94 valence electrons. The van der Waals surface area contributed by atoms with Gasteiger partial charge < -0.3 is 10.5 Å². The van der Waals surface area contributed by atoms with Gasteiger partial charge in [0.2, 0.25) is 0 Å².